The molecule has 144 valence electrons. The highest BCUT2D eigenvalue weighted by Crippen LogP contribution is 2.28. The van der Waals surface area contributed by atoms with Gasteiger partial charge >= 0.3 is 0 Å². The third-order valence-corrected chi connectivity index (χ3v) is 5.89. The van der Waals surface area contributed by atoms with Crippen molar-refractivity contribution in [1.29, 1.82) is 0 Å². The van der Waals surface area contributed by atoms with Gasteiger partial charge in [0.25, 0.3) is 0 Å². The van der Waals surface area contributed by atoms with Crippen LogP contribution in [-0.2, 0) is 4.79 Å². The highest BCUT2D eigenvalue weighted by Gasteiger charge is 2.18. The Bertz CT molecular complexity index is 811. The molecule has 4 nitrogen and oxygen atoms in total. The number of nitrogens with zero attached hydrogens (tertiary/aromatic N) is 2. The lowest BCUT2D eigenvalue weighted by Crippen LogP contribution is -2.30. The van der Waals surface area contributed by atoms with Crippen molar-refractivity contribution in [3.8, 4) is 0 Å². The molecular formula is C22H28FN3O. The lowest BCUT2D eigenvalue weighted by atomic mass is 9.87. The van der Waals surface area contributed by atoms with Crippen molar-refractivity contribution in [3.63, 3.8) is 0 Å². The highest BCUT2D eigenvalue weighted by atomic mass is 19.1. The molecule has 5 heteroatoms. The van der Waals surface area contributed by atoms with Crippen LogP contribution in [-0.4, -0.2) is 24.0 Å². The van der Waals surface area contributed by atoms with Gasteiger partial charge in [-0.15, -0.1) is 0 Å². The van der Waals surface area contributed by atoms with E-state index in [0.29, 0.717) is 23.5 Å². The van der Waals surface area contributed by atoms with Gasteiger partial charge in [0, 0.05) is 30.6 Å². The molecule has 1 aromatic carbocycles. The minimum Gasteiger partial charge on any atom is -0.357 e. The average molecular weight is 369 g/mol. The van der Waals surface area contributed by atoms with Crippen LogP contribution in [0.2, 0.25) is 0 Å². The molecule has 1 amide bonds. The highest BCUT2D eigenvalue weighted by molar-refractivity contribution is 5.94. The summed E-state index contributed by atoms with van der Waals surface area (Å²) in [7, 11) is 0. The predicted octanol–water partition coefficient (Wildman–Crippen LogP) is 5.27. The second-order valence-electron chi connectivity index (χ2n) is 8.00. The number of piperidine rings is 1. The number of pyridine rings is 1. The number of carbonyl (C=O) groups excluding carboxylic acids is 1. The minimum absolute atomic E-state index is 0.0152. The van der Waals surface area contributed by atoms with Crippen molar-refractivity contribution in [2.45, 2.75) is 57.8 Å². The van der Waals surface area contributed by atoms with Crippen LogP contribution in [0.1, 0.15) is 57.8 Å². The van der Waals surface area contributed by atoms with Crippen molar-refractivity contribution in [3.05, 3.63) is 30.1 Å². The summed E-state index contributed by atoms with van der Waals surface area (Å²) in [6, 6.07) is 7.09. The zero-order valence-corrected chi connectivity index (χ0v) is 15.8. The second-order valence-corrected chi connectivity index (χ2v) is 8.00. The molecule has 4 rings (SSSR count). The number of hydrogen-bond acceptors (Lipinski definition) is 3. The molecule has 27 heavy (non-hydrogen) atoms. The third kappa shape index (κ3) is 4.40. The maximum absolute atomic E-state index is 14.7. The predicted molar refractivity (Wildman–Crippen MR) is 108 cm³/mol. The lowest BCUT2D eigenvalue weighted by Gasteiger charge is -2.27. The van der Waals surface area contributed by atoms with Gasteiger partial charge in [0.05, 0.1) is 0 Å². The van der Waals surface area contributed by atoms with Crippen LogP contribution >= 0.6 is 0 Å². The molecule has 1 aromatic heterocycles. The summed E-state index contributed by atoms with van der Waals surface area (Å²) < 4.78 is 14.7. The van der Waals surface area contributed by atoms with Crippen molar-refractivity contribution in [2.75, 3.05) is 23.3 Å². The van der Waals surface area contributed by atoms with Crippen LogP contribution in [0.3, 0.4) is 0 Å². The first-order valence-electron chi connectivity index (χ1n) is 10.3. The molecule has 1 saturated heterocycles. The molecule has 1 N–H and O–H groups in total. The maximum Gasteiger partial charge on any atom is 0.224 e. The lowest BCUT2D eigenvalue weighted by molar-refractivity contribution is -0.117. The van der Waals surface area contributed by atoms with Crippen LogP contribution in [0.4, 0.5) is 15.9 Å². The fraction of sp³-hybridized carbons (Fsp3) is 0.545. The van der Waals surface area contributed by atoms with Crippen molar-refractivity contribution < 1.29 is 9.18 Å². The molecule has 0 atom stereocenters. The number of nitrogens with one attached hydrogen (secondary N) is 1. The number of aromatic nitrogens is 1. The van der Waals surface area contributed by atoms with E-state index in [1.54, 1.807) is 0 Å². The van der Waals surface area contributed by atoms with E-state index in [2.05, 4.69) is 15.2 Å². The monoisotopic (exact) mass is 369 g/mol. The van der Waals surface area contributed by atoms with E-state index in [1.165, 1.54) is 31.7 Å². The molecule has 1 aliphatic heterocycles. The van der Waals surface area contributed by atoms with Gasteiger partial charge in [-0.1, -0.05) is 19.3 Å². The van der Waals surface area contributed by atoms with Gasteiger partial charge < -0.3 is 10.2 Å². The number of halogens is 1. The topological polar surface area (TPSA) is 45.2 Å². The number of fused-ring (bicyclic) bond motifs is 1. The SMILES string of the molecule is O=C(CC1CCCCC1)Nc1cc(F)c2nc(N3CCCCC3)ccc2c1. The van der Waals surface area contributed by atoms with Crippen LogP contribution in [0, 0.1) is 11.7 Å². The first-order chi connectivity index (χ1) is 13.2. The Hall–Kier alpha value is -2.17. The zero-order chi connectivity index (χ0) is 18.6. The summed E-state index contributed by atoms with van der Waals surface area (Å²) in [6.07, 6.45) is 10.1. The Kier molecular flexibility index (Phi) is 5.55. The summed E-state index contributed by atoms with van der Waals surface area (Å²) in [5.74, 6) is 0.922. The van der Waals surface area contributed by atoms with Gasteiger partial charge in [-0.25, -0.2) is 9.37 Å². The first kappa shape index (κ1) is 18.2. The van der Waals surface area contributed by atoms with E-state index in [4.69, 9.17) is 0 Å². The van der Waals surface area contributed by atoms with Gasteiger partial charge in [-0.2, -0.15) is 0 Å². The standard InChI is InChI=1S/C22H28FN3O/c23-19-15-18(24-21(27)13-16-7-3-1-4-8-16)14-17-9-10-20(25-22(17)19)26-11-5-2-6-12-26/h9-10,14-16H,1-8,11-13H2,(H,24,27). The molecule has 0 spiro atoms. The van der Waals surface area contributed by atoms with E-state index in [9.17, 15) is 9.18 Å². The number of carbonyl (C=O) groups is 1. The number of benzene rings is 1. The Labute approximate surface area is 160 Å². The van der Waals surface area contributed by atoms with E-state index in [-0.39, 0.29) is 11.7 Å². The fourth-order valence-electron chi connectivity index (χ4n) is 4.42. The van der Waals surface area contributed by atoms with E-state index in [0.717, 1.165) is 50.0 Å². The summed E-state index contributed by atoms with van der Waals surface area (Å²) in [5.41, 5.74) is 0.900. The van der Waals surface area contributed by atoms with Crippen LogP contribution in [0.5, 0.6) is 0 Å². The molecule has 2 fully saturated rings. The van der Waals surface area contributed by atoms with E-state index in [1.807, 2.05) is 18.2 Å². The Balaban J connectivity index is 1.48. The molecule has 0 unspecified atom stereocenters. The Morgan fingerprint density at radius 3 is 2.59 bits per heavy atom. The fourth-order valence-corrected chi connectivity index (χ4v) is 4.42. The normalized spacial score (nSPS) is 18.6. The largest absolute Gasteiger partial charge is 0.357 e. The third-order valence-electron chi connectivity index (χ3n) is 5.89. The van der Waals surface area contributed by atoms with Crippen LogP contribution in [0.25, 0.3) is 10.9 Å². The zero-order valence-electron chi connectivity index (χ0n) is 15.8. The van der Waals surface area contributed by atoms with E-state index < -0.39 is 0 Å². The minimum atomic E-state index is -0.376. The maximum atomic E-state index is 14.7. The number of rotatable bonds is 4. The first-order valence-corrected chi connectivity index (χ1v) is 10.3. The van der Waals surface area contributed by atoms with Gasteiger partial charge in [-0.05, 0) is 62.3 Å². The Morgan fingerprint density at radius 1 is 1.07 bits per heavy atom. The van der Waals surface area contributed by atoms with Gasteiger partial charge in [0.1, 0.15) is 11.3 Å². The average Bonchev–Trinajstić information content (AvgIpc) is 2.69. The molecule has 2 aromatic rings. The van der Waals surface area contributed by atoms with Crippen molar-refractivity contribution in [1.82, 2.24) is 4.98 Å². The quantitative estimate of drug-likeness (QED) is 0.798. The Morgan fingerprint density at radius 2 is 1.81 bits per heavy atom. The number of amides is 1. The molecule has 2 heterocycles. The molecule has 1 saturated carbocycles. The molecule has 1 aliphatic carbocycles. The number of hydrogen-bond donors (Lipinski definition) is 1. The van der Waals surface area contributed by atoms with Crippen molar-refractivity contribution in [2.24, 2.45) is 5.92 Å². The summed E-state index contributed by atoms with van der Waals surface area (Å²) in [5, 5.41) is 3.61. The summed E-state index contributed by atoms with van der Waals surface area (Å²) >= 11 is 0. The van der Waals surface area contributed by atoms with E-state index >= 15 is 0 Å². The number of anilines is 2. The molecule has 0 radical (unpaired) electrons. The smallest absolute Gasteiger partial charge is 0.224 e. The second kappa shape index (κ2) is 8.24. The summed E-state index contributed by atoms with van der Waals surface area (Å²) in [6.45, 7) is 1.96. The van der Waals surface area contributed by atoms with Gasteiger partial charge in [-0.3, -0.25) is 4.79 Å². The van der Waals surface area contributed by atoms with Gasteiger partial charge in [0.15, 0.2) is 5.82 Å². The molecule has 0 bridgehead atoms. The van der Waals surface area contributed by atoms with Crippen LogP contribution < -0.4 is 10.2 Å². The van der Waals surface area contributed by atoms with Crippen LogP contribution in [0.15, 0.2) is 24.3 Å². The molecular weight excluding hydrogens is 341 g/mol. The summed E-state index contributed by atoms with van der Waals surface area (Å²) in [4.78, 5) is 19.1. The van der Waals surface area contributed by atoms with Gasteiger partial charge in [0.2, 0.25) is 5.91 Å². The molecule has 2 aliphatic rings. The van der Waals surface area contributed by atoms with Crippen molar-refractivity contribution >= 4 is 28.3 Å².